The number of hydrogen-bond acceptors (Lipinski definition) is 4. The Morgan fingerprint density at radius 1 is 0.714 bits per heavy atom. The normalized spacial score (nSPS) is 10.8. The molecule has 2 heterocycles. The molecule has 2 aromatic heterocycles. The Morgan fingerprint density at radius 3 is 1.86 bits per heavy atom. The fourth-order valence-electron chi connectivity index (χ4n) is 3.08. The molecule has 0 aliphatic carbocycles. The third kappa shape index (κ3) is 3.03. The number of imidazole rings is 1. The summed E-state index contributed by atoms with van der Waals surface area (Å²) in [6.07, 6.45) is 1.56. The second kappa shape index (κ2) is 7.04. The molecule has 5 heteroatoms. The van der Waals surface area contributed by atoms with Gasteiger partial charge < -0.3 is 0 Å². The number of nitrogens with zero attached hydrogens (tertiary/aromatic N) is 2. The number of pyridine rings is 1. The lowest BCUT2D eigenvalue weighted by Gasteiger charge is -2.05. The summed E-state index contributed by atoms with van der Waals surface area (Å²) in [5.74, 6) is -0.800. The van der Waals surface area contributed by atoms with Crippen LogP contribution >= 0.6 is 0 Å². The van der Waals surface area contributed by atoms with Gasteiger partial charge >= 0.3 is 0 Å². The van der Waals surface area contributed by atoms with E-state index in [1.165, 1.54) is 11.3 Å². The van der Waals surface area contributed by atoms with Crippen molar-refractivity contribution in [3.05, 3.63) is 107 Å². The van der Waals surface area contributed by atoms with Gasteiger partial charge in [-0.3, -0.25) is 18.8 Å². The van der Waals surface area contributed by atoms with E-state index in [1.54, 1.807) is 66.9 Å². The minimum absolute atomic E-state index is 0.0701. The van der Waals surface area contributed by atoms with Gasteiger partial charge in [0, 0.05) is 22.9 Å². The van der Waals surface area contributed by atoms with Crippen molar-refractivity contribution < 1.29 is 14.4 Å². The summed E-state index contributed by atoms with van der Waals surface area (Å²) in [6.45, 7) is 1.45. The van der Waals surface area contributed by atoms with E-state index in [2.05, 4.69) is 4.98 Å². The molecule has 28 heavy (non-hydrogen) atoms. The first-order chi connectivity index (χ1) is 13.6. The van der Waals surface area contributed by atoms with Crippen LogP contribution in [0.25, 0.3) is 5.65 Å². The van der Waals surface area contributed by atoms with E-state index in [0.717, 1.165) is 0 Å². The van der Waals surface area contributed by atoms with Crippen molar-refractivity contribution in [2.75, 3.05) is 0 Å². The van der Waals surface area contributed by atoms with Gasteiger partial charge in [0.25, 0.3) is 0 Å². The van der Waals surface area contributed by atoms with E-state index >= 15 is 0 Å². The van der Waals surface area contributed by atoms with Gasteiger partial charge in [-0.1, -0.05) is 60.7 Å². The fourth-order valence-corrected chi connectivity index (χ4v) is 3.08. The molecule has 0 bridgehead atoms. The smallest absolute Gasteiger partial charge is 0.213 e. The van der Waals surface area contributed by atoms with Crippen LogP contribution in [0.1, 0.15) is 49.4 Å². The van der Waals surface area contributed by atoms with Crippen LogP contribution in [-0.2, 0) is 0 Å². The Labute approximate surface area is 161 Å². The SMILES string of the molecule is CC(=O)c1ccc2nc(C(=O)c3ccccc3)c(C(=O)c3ccccc3)n2c1. The van der Waals surface area contributed by atoms with E-state index in [0.29, 0.717) is 22.3 Å². The van der Waals surface area contributed by atoms with Crippen molar-refractivity contribution in [2.45, 2.75) is 6.92 Å². The molecule has 0 radical (unpaired) electrons. The molecular formula is C23H16N2O3. The lowest BCUT2D eigenvalue weighted by Crippen LogP contribution is -2.13. The highest BCUT2D eigenvalue weighted by molar-refractivity contribution is 6.18. The first-order valence-corrected chi connectivity index (χ1v) is 8.79. The van der Waals surface area contributed by atoms with Crippen molar-refractivity contribution in [3.8, 4) is 0 Å². The maximum Gasteiger partial charge on any atom is 0.213 e. The topological polar surface area (TPSA) is 68.5 Å². The van der Waals surface area contributed by atoms with Crippen LogP contribution in [0.2, 0.25) is 0 Å². The second-order valence-corrected chi connectivity index (χ2v) is 6.40. The highest BCUT2D eigenvalue weighted by Crippen LogP contribution is 2.21. The molecule has 0 aliphatic heterocycles. The molecule has 0 amide bonds. The largest absolute Gasteiger partial charge is 0.295 e. The van der Waals surface area contributed by atoms with Crippen molar-refractivity contribution in [1.29, 1.82) is 0 Å². The van der Waals surface area contributed by atoms with Crippen LogP contribution in [0.3, 0.4) is 0 Å². The number of carbonyl (C=O) groups excluding carboxylic acids is 3. The summed E-state index contributed by atoms with van der Waals surface area (Å²) in [6, 6.07) is 20.7. The van der Waals surface area contributed by atoms with Gasteiger partial charge in [-0.25, -0.2) is 4.98 Å². The Hall–Kier alpha value is -3.86. The molecular weight excluding hydrogens is 352 g/mol. The molecule has 0 unspecified atom stereocenters. The van der Waals surface area contributed by atoms with Gasteiger partial charge in [0.05, 0.1) is 0 Å². The highest BCUT2D eigenvalue weighted by atomic mass is 16.1. The summed E-state index contributed by atoms with van der Waals surface area (Å²) in [4.78, 5) is 42.6. The maximum absolute atomic E-state index is 13.3. The van der Waals surface area contributed by atoms with Crippen LogP contribution in [0.5, 0.6) is 0 Å². The quantitative estimate of drug-likeness (QED) is 0.499. The third-order valence-electron chi connectivity index (χ3n) is 4.53. The molecule has 4 aromatic rings. The van der Waals surface area contributed by atoms with Gasteiger partial charge in [-0.15, -0.1) is 0 Å². The van der Waals surface area contributed by atoms with E-state index < -0.39 is 0 Å². The lowest BCUT2D eigenvalue weighted by atomic mass is 10.0. The zero-order chi connectivity index (χ0) is 19.7. The second-order valence-electron chi connectivity index (χ2n) is 6.40. The Bertz CT molecular complexity index is 1210. The molecule has 0 N–H and O–H groups in total. The van der Waals surface area contributed by atoms with E-state index in [9.17, 15) is 14.4 Å². The zero-order valence-electron chi connectivity index (χ0n) is 15.1. The average molecular weight is 368 g/mol. The third-order valence-corrected chi connectivity index (χ3v) is 4.53. The Kier molecular flexibility index (Phi) is 4.41. The number of aromatic nitrogens is 2. The Balaban J connectivity index is 1.97. The van der Waals surface area contributed by atoms with E-state index in [4.69, 9.17) is 0 Å². The van der Waals surface area contributed by atoms with Crippen LogP contribution in [-0.4, -0.2) is 26.7 Å². The van der Waals surface area contributed by atoms with Crippen LogP contribution < -0.4 is 0 Å². The molecule has 4 rings (SSSR count). The monoisotopic (exact) mass is 368 g/mol. The number of benzene rings is 2. The van der Waals surface area contributed by atoms with Crippen LogP contribution in [0, 0.1) is 0 Å². The first-order valence-electron chi connectivity index (χ1n) is 8.79. The molecule has 0 atom stereocenters. The minimum Gasteiger partial charge on any atom is -0.295 e. The van der Waals surface area contributed by atoms with Crippen LogP contribution in [0.15, 0.2) is 79.0 Å². The molecule has 0 aliphatic rings. The standard InChI is InChI=1S/C23H16N2O3/c1-15(26)18-12-13-19-24-20(22(27)16-8-4-2-5-9-16)21(25(19)14-18)23(28)17-10-6-3-7-11-17/h2-14H,1H3. The number of ketones is 3. The molecule has 0 fully saturated rings. The van der Waals surface area contributed by atoms with Crippen molar-refractivity contribution in [1.82, 2.24) is 9.38 Å². The van der Waals surface area contributed by atoms with E-state index in [-0.39, 0.29) is 28.7 Å². The summed E-state index contributed by atoms with van der Waals surface area (Å²) in [5, 5.41) is 0. The summed E-state index contributed by atoms with van der Waals surface area (Å²) in [5.41, 5.74) is 1.98. The molecule has 0 saturated carbocycles. The van der Waals surface area contributed by atoms with Crippen molar-refractivity contribution in [2.24, 2.45) is 0 Å². The predicted octanol–water partition coefficient (Wildman–Crippen LogP) is 4.00. The number of Topliss-reactive ketones (excluding diaryl/α,β-unsaturated/α-hetero) is 1. The number of fused-ring (bicyclic) bond motifs is 1. The number of carbonyl (C=O) groups is 3. The van der Waals surface area contributed by atoms with Crippen LogP contribution in [0.4, 0.5) is 0 Å². The Morgan fingerprint density at radius 2 is 1.29 bits per heavy atom. The lowest BCUT2D eigenvalue weighted by molar-refractivity contribution is 0.0997. The number of hydrogen-bond donors (Lipinski definition) is 0. The predicted molar refractivity (Wildman–Crippen MR) is 105 cm³/mol. The van der Waals surface area contributed by atoms with Crippen molar-refractivity contribution in [3.63, 3.8) is 0 Å². The molecule has 0 spiro atoms. The summed E-state index contributed by atoms with van der Waals surface area (Å²) < 4.78 is 1.53. The van der Waals surface area contributed by atoms with Gasteiger partial charge in [0.2, 0.25) is 11.6 Å². The molecule has 5 nitrogen and oxygen atoms in total. The van der Waals surface area contributed by atoms with E-state index in [1.807, 2.05) is 12.1 Å². The molecule has 2 aromatic carbocycles. The summed E-state index contributed by atoms with van der Waals surface area (Å²) in [7, 11) is 0. The molecule has 0 saturated heterocycles. The molecule has 136 valence electrons. The van der Waals surface area contributed by atoms with Gasteiger partial charge in [0.15, 0.2) is 5.78 Å². The first kappa shape index (κ1) is 17.5. The average Bonchev–Trinajstić information content (AvgIpc) is 3.12. The minimum atomic E-state index is -0.340. The van der Waals surface area contributed by atoms with Gasteiger partial charge in [-0.2, -0.15) is 0 Å². The number of rotatable bonds is 5. The van der Waals surface area contributed by atoms with Gasteiger partial charge in [0.1, 0.15) is 17.0 Å². The maximum atomic E-state index is 13.3. The highest BCUT2D eigenvalue weighted by Gasteiger charge is 2.26. The fraction of sp³-hybridized carbons (Fsp3) is 0.0435. The zero-order valence-corrected chi connectivity index (χ0v) is 15.1. The van der Waals surface area contributed by atoms with Gasteiger partial charge in [-0.05, 0) is 19.1 Å². The summed E-state index contributed by atoms with van der Waals surface area (Å²) >= 11 is 0. The van der Waals surface area contributed by atoms with Crippen molar-refractivity contribution >= 4 is 23.0 Å².